The van der Waals surface area contributed by atoms with Crippen LogP contribution in [-0.2, 0) is 13.1 Å². The first-order valence-electron chi connectivity index (χ1n) is 5.20. The summed E-state index contributed by atoms with van der Waals surface area (Å²) in [6.07, 6.45) is 0. The summed E-state index contributed by atoms with van der Waals surface area (Å²) in [6.45, 7) is 1.47. The van der Waals surface area contributed by atoms with E-state index >= 15 is 0 Å². The Hall–Kier alpha value is -1.38. The third-order valence-electron chi connectivity index (χ3n) is 2.66. The Bertz CT molecular complexity index is 463. The van der Waals surface area contributed by atoms with E-state index in [0.29, 0.717) is 6.54 Å². The zero-order valence-corrected chi connectivity index (χ0v) is 8.96. The van der Waals surface area contributed by atoms with E-state index < -0.39 is 0 Å². The molecule has 0 aliphatic carbocycles. The van der Waals surface area contributed by atoms with Gasteiger partial charge in [-0.25, -0.2) is 0 Å². The Morgan fingerprint density at radius 1 is 1.07 bits per heavy atom. The highest BCUT2D eigenvalue weighted by atomic mass is 14.8. The number of nitrogens with two attached hydrogens (primary N) is 1. The van der Waals surface area contributed by atoms with Crippen molar-refractivity contribution in [3.05, 3.63) is 47.5 Å². The predicted molar refractivity (Wildman–Crippen MR) is 64.6 cm³/mol. The van der Waals surface area contributed by atoms with Crippen molar-refractivity contribution in [1.82, 2.24) is 5.32 Å². The normalized spacial score (nSPS) is 10.8. The van der Waals surface area contributed by atoms with Crippen molar-refractivity contribution in [2.45, 2.75) is 13.1 Å². The van der Waals surface area contributed by atoms with Gasteiger partial charge in [0.2, 0.25) is 0 Å². The lowest BCUT2D eigenvalue weighted by Crippen LogP contribution is -2.10. The second-order valence-electron chi connectivity index (χ2n) is 3.70. The molecule has 2 nitrogen and oxygen atoms in total. The van der Waals surface area contributed by atoms with Crippen LogP contribution in [0.4, 0.5) is 0 Å². The quantitative estimate of drug-likeness (QED) is 0.795. The van der Waals surface area contributed by atoms with Gasteiger partial charge >= 0.3 is 0 Å². The zero-order valence-electron chi connectivity index (χ0n) is 8.96. The van der Waals surface area contributed by atoms with Crippen molar-refractivity contribution in [1.29, 1.82) is 0 Å². The molecule has 0 atom stereocenters. The second kappa shape index (κ2) is 4.43. The van der Waals surface area contributed by atoms with Gasteiger partial charge in [0.1, 0.15) is 0 Å². The molecule has 2 heteroatoms. The molecular formula is C13H16N2. The number of hydrogen-bond donors (Lipinski definition) is 2. The van der Waals surface area contributed by atoms with E-state index in [0.717, 1.165) is 6.54 Å². The van der Waals surface area contributed by atoms with Gasteiger partial charge in [0.15, 0.2) is 0 Å². The van der Waals surface area contributed by atoms with E-state index in [1.807, 2.05) is 7.05 Å². The SMILES string of the molecule is CNCc1cc2ccccc2cc1CN. The smallest absolute Gasteiger partial charge is 0.0205 e. The lowest BCUT2D eigenvalue weighted by atomic mass is 10.0. The number of nitrogens with one attached hydrogen (secondary N) is 1. The van der Waals surface area contributed by atoms with E-state index in [1.165, 1.54) is 21.9 Å². The van der Waals surface area contributed by atoms with Crippen molar-refractivity contribution in [3.63, 3.8) is 0 Å². The molecular weight excluding hydrogens is 184 g/mol. The van der Waals surface area contributed by atoms with E-state index in [2.05, 4.69) is 41.7 Å². The van der Waals surface area contributed by atoms with Crippen LogP contribution >= 0.6 is 0 Å². The molecule has 15 heavy (non-hydrogen) atoms. The Morgan fingerprint density at radius 3 is 2.20 bits per heavy atom. The maximum atomic E-state index is 5.74. The molecule has 3 N–H and O–H groups in total. The van der Waals surface area contributed by atoms with Gasteiger partial charge < -0.3 is 11.1 Å². The van der Waals surface area contributed by atoms with E-state index in [1.54, 1.807) is 0 Å². The van der Waals surface area contributed by atoms with Crippen LogP contribution < -0.4 is 11.1 Å². The molecule has 0 saturated heterocycles. The maximum Gasteiger partial charge on any atom is 0.0205 e. The Morgan fingerprint density at radius 2 is 1.67 bits per heavy atom. The second-order valence-corrected chi connectivity index (χ2v) is 3.70. The summed E-state index contributed by atoms with van der Waals surface area (Å²) < 4.78 is 0. The Kier molecular flexibility index (Phi) is 2.99. The van der Waals surface area contributed by atoms with Crippen molar-refractivity contribution in [2.24, 2.45) is 5.73 Å². The van der Waals surface area contributed by atoms with Crippen LogP contribution in [0.25, 0.3) is 10.8 Å². The van der Waals surface area contributed by atoms with Crippen molar-refractivity contribution in [3.8, 4) is 0 Å². The number of hydrogen-bond acceptors (Lipinski definition) is 2. The Balaban J connectivity index is 2.58. The minimum Gasteiger partial charge on any atom is -0.326 e. The first kappa shape index (κ1) is 10.1. The summed E-state index contributed by atoms with van der Waals surface area (Å²) in [5.41, 5.74) is 8.26. The van der Waals surface area contributed by atoms with Gasteiger partial charge in [-0.3, -0.25) is 0 Å². The minimum absolute atomic E-state index is 0.599. The fourth-order valence-corrected chi connectivity index (χ4v) is 1.88. The van der Waals surface area contributed by atoms with Crippen molar-refractivity contribution < 1.29 is 0 Å². The van der Waals surface area contributed by atoms with Gasteiger partial charge in [-0.2, -0.15) is 0 Å². The number of fused-ring (bicyclic) bond motifs is 1. The minimum atomic E-state index is 0.599. The zero-order chi connectivity index (χ0) is 10.7. The van der Waals surface area contributed by atoms with Crippen LogP contribution in [0.1, 0.15) is 11.1 Å². The molecule has 2 aromatic rings. The van der Waals surface area contributed by atoms with Gasteiger partial charge in [0.25, 0.3) is 0 Å². The van der Waals surface area contributed by atoms with Crippen LogP contribution in [0, 0.1) is 0 Å². The molecule has 0 saturated carbocycles. The molecule has 78 valence electrons. The lowest BCUT2D eigenvalue weighted by molar-refractivity contribution is 0.805. The highest BCUT2D eigenvalue weighted by Crippen LogP contribution is 2.19. The van der Waals surface area contributed by atoms with Crippen LogP contribution in [0.3, 0.4) is 0 Å². The summed E-state index contributed by atoms with van der Waals surface area (Å²) >= 11 is 0. The monoisotopic (exact) mass is 200 g/mol. The molecule has 0 fully saturated rings. The molecule has 0 aliphatic heterocycles. The van der Waals surface area contributed by atoms with Gasteiger partial charge in [-0.05, 0) is 41.1 Å². The molecule has 0 aliphatic rings. The van der Waals surface area contributed by atoms with Crippen LogP contribution in [0.15, 0.2) is 36.4 Å². The molecule has 0 bridgehead atoms. The maximum absolute atomic E-state index is 5.74. The molecule has 0 aromatic heterocycles. The first-order chi connectivity index (χ1) is 7.35. The highest BCUT2D eigenvalue weighted by molar-refractivity contribution is 5.84. The van der Waals surface area contributed by atoms with E-state index in [4.69, 9.17) is 5.73 Å². The number of benzene rings is 2. The van der Waals surface area contributed by atoms with Gasteiger partial charge in [-0.15, -0.1) is 0 Å². The van der Waals surface area contributed by atoms with Gasteiger partial charge in [-0.1, -0.05) is 24.3 Å². The molecule has 0 amide bonds. The average molecular weight is 200 g/mol. The molecule has 0 unspecified atom stereocenters. The summed E-state index contributed by atoms with van der Waals surface area (Å²) in [6, 6.07) is 12.8. The molecule has 0 heterocycles. The molecule has 0 radical (unpaired) electrons. The van der Waals surface area contributed by atoms with Crippen molar-refractivity contribution in [2.75, 3.05) is 7.05 Å². The summed E-state index contributed by atoms with van der Waals surface area (Å²) in [7, 11) is 1.95. The predicted octanol–water partition coefficient (Wildman–Crippen LogP) is 2.02. The van der Waals surface area contributed by atoms with Crippen LogP contribution in [0.5, 0.6) is 0 Å². The summed E-state index contributed by atoms with van der Waals surface area (Å²) in [4.78, 5) is 0. The molecule has 2 rings (SSSR count). The lowest BCUT2D eigenvalue weighted by Gasteiger charge is -2.09. The fraction of sp³-hybridized carbons (Fsp3) is 0.231. The third kappa shape index (κ3) is 2.01. The topological polar surface area (TPSA) is 38.0 Å². The first-order valence-corrected chi connectivity index (χ1v) is 5.20. The largest absolute Gasteiger partial charge is 0.326 e. The Labute approximate surface area is 90.1 Å². The molecule has 2 aromatic carbocycles. The highest BCUT2D eigenvalue weighted by Gasteiger charge is 2.02. The molecule has 0 spiro atoms. The van der Waals surface area contributed by atoms with Gasteiger partial charge in [0.05, 0.1) is 0 Å². The average Bonchev–Trinajstić information content (AvgIpc) is 2.28. The standard InChI is InChI=1S/C13H16N2/c1-15-9-13-7-11-5-3-2-4-10(11)6-12(13)8-14/h2-7,15H,8-9,14H2,1H3. The summed E-state index contributed by atoms with van der Waals surface area (Å²) in [5, 5.41) is 5.71. The number of rotatable bonds is 3. The van der Waals surface area contributed by atoms with E-state index in [9.17, 15) is 0 Å². The van der Waals surface area contributed by atoms with Crippen molar-refractivity contribution >= 4 is 10.8 Å². The fourth-order valence-electron chi connectivity index (χ4n) is 1.88. The third-order valence-corrected chi connectivity index (χ3v) is 2.66. The van der Waals surface area contributed by atoms with Crippen LogP contribution in [0.2, 0.25) is 0 Å². The van der Waals surface area contributed by atoms with Crippen LogP contribution in [-0.4, -0.2) is 7.05 Å². The van der Waals surface area contributed by atoms with E-state index in [-0.39, 0.29) is 0 Å². The summed E-state index contributed by atoms with van der Waals surface area (Å²) in [5.74, 6) is 0. The van der Waals surface area contributed by atoms with Gasteiger partial charge in [0, 0.05) is 13.1 Å².